The van der Waals surface area contributed by atoms with Gasteiger partial charge in [-0.1, -0.05) is 23.2 Å². The van der Waals surface area contributed by atoms with E-state index in [1.165, 1.54) is 6.08 Å². The Morgan fingerprint density at radius 2 is 2.11 bits per heavy atom. The van der Waals surface area contributed by atoms with Crippen molar-refractivity contribution in [3.05, 3.63) is 58.1 Å². The van der Waals surface area contributed by atoms with Crippen LogP contribution in [0.3, 0.4) is 0 Å². The lowest BCUT2D eigenvalue weighted by Crippen LogP contribution is -1.95. The van der Waals surface area contributed by atoms with Crippen molar-refractivity contribution in [1.82, 2.24) is 9.55 Å². The average Bonchev–Trinajstić information content (AvgIpc) is 2.75. The largest absolute Gasteiger partial charge is 0.335 e. The first-order chi connectivity index (χ1) is 8.58. The normalized spacial score (nSPS) is 11.1. The van der Waals surface area contributed by atoms with Gasteiger partial charge in [0, 0.05) is 25.0 Å². The fourth-order valence-corrected chi connectivity index (χ4v) is 1.73. The third-order valence-corrected chi connectivity index (χ3v) is 3.19. The van der Waals surface area contributed by atoms with E-state index in [-0.39, 0.29) is 5.78 Å². The van der Waals surface area contributed by atoms with Crippen LogP contribution in [0.4, 0.5) is 0 Å². The second-order valence-corrected chi connectivity index (χ2v) is 4.54. The Kier molecular flexibility index (Phi) is 3.84. The van der Waals surface area contributed by atoms with Gasteiger partial charge in [-0.3, -0.25) is 4.79 Å². The molecule has 0 spiro atoms. The number of hydrogen-bond donors (Lipinski definition) is 0. The van der Waals surface area contributed by atoms with Crippen molar-refractivity contribution in [3.8, 4) is 0 Å². The van der Waals surface area contributed by atoms with Gasteiger partial charge in [0.25, 0.3) is 0 Å². The maximum absolute atomic E-state index is 11.9. The smallest absolute Gasteiger partial charge is 0.186 e. The molecule has 1 heterocycles. The number of benzene rings is 1. The van der Waals surface area contributed by atoms with Gasteiger partial charge in [-0.25, -0.2) is 4.98 Å². The third-order valence-electron chi connectivity index (χ3n) is 2.45. The van der Waals surface area contributed by atoms with Gasteiger partial charge in [0.2, 0.25) is 0 Å². The van der Waals surface area contributed by atoms with Gasteiger partial charge in [-0.2, -0.15) is 0 Å². The summed E-state index contributed by atoms with van der Waals surface area (Å²) in [5.41, 5.74) is 0.495. The first-order valence-corrected chi connectivity index (χ1v) is 5.98. The number of halogens is 2. The van der Waals surface area contributed by atoms with Gasteiger partial charge < -0.3 is 4.57 Å². The van der Waals surface area contributed by atoms with E-state index in [9.17, 15) is 4.79 Å². The van der Waals surface area contributed by atoms with Crippen LogP contribution in [0.1, 0.15) is 16.2 Å². The summed E-state index contributed by atoms with van der Waals surface area (Å²) in [6, 6.07) is 4.79. The minimum absolute atomic E-state index is 0.142. The fraction of sp³-hybridized carbons (Fsp3) is 0.0769. The van der Waals surface area contributed by atoms with Crippen molar-refractivity contribution in [2.75, 3.05) is 0 Å². The van der Waals surface area contributed by atoms with Gasteiger partial charge in [0.05, 0.1) is 10.0 Å². The van der Waals surface area contributed by atoms with Gasteiger partial charge in [0.1, 0.15) is 5.82 Å². The first-order valence-electron chi connectivity index (χ1n) is 5.22. The monoisotopic (exact) mass is 280 g/mol. The van der Waals surface area contributed by atoms with E-state index in [1.54, 1.807) is 30.5 Å². The molecule has 0 aliphatic carbocycles. The second-order valence-electron chi connectivity index (χ2n) is 3.72. The summed E-state index contributed by atoms with van der Waals surface area (Å²) in [5.74, 6) is 0.569. The molecule has 0 bridgehead atoms. The SMILES string of the molecule is Cn1ccnc1/C=C\C(=O)c1ccc(Cl)c(Cl)c1. The van der Waals surface area contributed by atoms with Gasteiger partial charge >= 0.3 is 0 Å². The Labute approximate surface area is 115 Å². The van der Waals surface area contributed by atoms with E-state index in [0.717, 1.165) is 0 Å². The van der Waals surface area contributed by atoms with Gasteiger partial charge in [-0.05, 0) is 30.4 Å². The zero-order valence-electron chi connectivity index (χ0n) is 9.60. The maximum Gasteiger partial charge on any atom is 0.186 e. The topological polar surface area (TPSA) is 34.9 Å². The maximum atomic E-state index is 11.9. The average molecular weight is 281 g/mol. The zero-order valence-corrected chi connectivity index (χ0v) is 11.1. The van der Waals surface area contributed by atoms with E-state index >= 15 is 0 Å². The van der Waals surface area contributed by atoms with Crippen LogP contribution < -0.4 is 0 Å². The van der Waals surface area contributed by atoms with E-state index < -0.39 is 0 Å². The van der Waals surface area contributed by atoms with Crippen LogP contribution in [0.2, 0.25) is 10.0 Å². The molecule has 0 unspecified atom stereocenters. The lowest BCUT2D eigenvalue weighted by Gasteiger charge is -1.99. The number of aromatic nitrogens is 2. The molecule has 0 radical (unpaired) electrons. The lowest BCUT2D eigenvalue weighted by molar-refractivity contribution is 0.104. The summed E-state index contributed by atoms with van der Waals surface area (Å²) in [7, 11) is 1.86. The van der Waals surface area contributed by atoms with Crippen molar-refractivity contribution in [1.29, 1.82) is 0 Å². The number of carbonyl (C=O) groups is 1. The Balaban J connectivity index is 2.20. The number of carbonyl (C=O) groups excluding carboxylic acids is 1. The molecule has 3 nitrogen and oxygen atoms in total. The molecule has 0 atom stereocenters. The quantitative estimate of drug-likeness (QED) is 0.636. The van der Waals surface area contributed by atoms with E-state index in [1.807, 2.05) is 17.8 Å². The number of allylic oxidation sites excluding steroid dienone is 1. The Morgan fingerprint density at radius 1 is 1.33 bits per heavy atom. The summed E-state index contributed by atoms with van der Waals surface area (Å²) in [6.45, 7) is 0. The molecule has 1 aromatic carbocycles. The van der Waals surface area contributed by atoms with Crippen LogP contribution in [0.5, 0.6) is 0 Å². The number of aryl methyl sites for hydroxylation is 1. The van der Waals surface area contributed by atoms with Crippen molar-refractivity contribution >= 4 is 35.1 Å². The van der Waals surface area contributed by atoms with Crippen molar-refractivity contribution < 1.29 is 4.79 Å². The predicted molar refractivity (Wildman–Crippen MR) is 73.0 cm³/mol. The highest BCUT2D eigenvalue weighted by molar-refractivity contribution is 6.42. The number of imidazole rings is 1. The molecule has 0 aliphatic heterocycles. The van der Waals surface area contributed by atoms with Gasteiger partial charge in [0.15, 0.2) is 5.78 Å². The lowest BCUT2D eigenvalue weighted by atomic mass is 10.1. The zero-order chi connectivity index (χ0) is 13.1. The molecule has 0 N–H and O–H groups in total. The Hall–Kier alpha value is -1.58. The van der Waals surface area contributed by atoms with Crippen molar-refractivity contribution in [2.45, 2.75) is 0 Å². The number of ketones is 1. The molecular formula is C13H10Cl2N2O. The fourth-order valence-electron chi connectivity index (χ4n) is 1.43. The van der Waals surface area contributed by atoms with Gasteiger partial charge in [-0.15, -0.1) is 0 Å². The van der Waals surface area contributed by atoms with Crippen LogP contribution in [0.15, 0.2) is 36.7 Å². The summed E-state index contributed by atoms with van der Waals surface area (Å²) >= 11 is 11.6. The molecule has 0 fully saturated rings. The van der Waals surface area contributed by atoms with Crippen LogP contribution in [0, 0.1) is 0 Å². The van der Waals surface area contributed by atoms with Crippen LogP contribution >= 0.6 is 23.2 Å². The van der Waals surface area contributed by atoms with Crippen LogP contribution in [-0.2, 0) is 7.05 Å². The molecule has 92 valence electrons. The number of rotatable bonds is 3. The second kappa shape index (κ2) is 5.38. The highest BCUT2D eigenvalue weighted by atomic mass is 35.5. The van der Waals surface area contributed by atoms with Crippen LogP contribution in [0.25, 0.3) is 6.08 Å². The molecule has 0 saturated carbocycles. The third kappa shape index (κ3) is 2.81. The van der Waals surface area contributed by atoms with Crippen LogP contribution in [-0.4, -0.2) is 15.3 Å². The highest BCUT2D eigenvalue weighted by Crippen LogP contribution is 2.22. The molecule has 18 heavy (non-hydrogen) atoms. The summed E-state index contributed by atoms with van der Waals surface area (Å²) in [6.07, 6.45) is 6.60. The molecule has 5 heteroatoms. The van der Waals surface area contributed by atoms with E-state index in [0.29, 0.717) is 21.4 Å². The predicted octanol–water partition coefficient (Wildman–Crippen LogP) is 3.62. The Bertz CT molecular complexity index is 617. The molecule has 2 rings (SSSR count). The van der Waals surface area contributed by atoms with Crippen molar-refractivity contribution in [3.63, 3.8) is 0 Å². The first kappa shape index (κ1) is 12.9. The summed E-state index contributed by atoms with van der Waals surface area (Å²) in [4.78, 5) is 16.0. The van der Waals surface area contributed by atoms with E-state index in [2.05, 4.69) is 4.98 Å². The number of hydrogen-bond acceptors (Lipinski definition) is 2. The summed E-state index contributed by atoms with van der Waals surface area (Å²) < 4.78 is 1.82. The standard InChI is InChI=1S/C13H10Cl2N2O/c1-17-7-6-16-13(17)5-4-12(18)9-2-3-10(14)11(15)8-9/h2-8H,1H3/b5-4-. The minimum atomic E-state index is -0.142. The molecule has 0 aliphatic rings. The molecule has 0 amide bonds. The Morgan fingerprint density at radius 3 is 2.72 bits per heavy atom. The van der Waals surface area contributed by atoms with E-state index in [4.69, 9.17) is 23.2 Å². The minimum Gasteiger partial charge on any atom is -0.335 e. The molecule has 0 saturated heterocycles. The molecule has 1 aromatic heterocycles. The molecular weight excluding hydrogens is 271 g/mol. The summed E-state index contributed by atoms with van der Waals surface area (Å²) in [5, 5.41) is 0.800. The van der Waals surface area contributed by atoms with Crippen molar-refractivity contribution in [2.24, 2.45) is 7.05 Å². The highest BCUT2D eigenvalue weighted by Gasteiger charge is 2.05. The number of nitrogens with zero attached hydrogens (tertiary/aromatic N) is 2. The molecule has 2 aromatic rings.